The highest BCUT2D eigenvalue weighted by atomic mass is 127. The zero-order valence-corrected chi connectivity index (χ0v) is 18.5. The lowest BCUT2D eigenvalue weighted by atomic mass is 10.2. The number of hydrogen-bond acceptors (Lipinski definition) is 4. The summed E-state index contributed by atoms with van der Waals surface area (Å²) in [7, 11) is 3.75. The third kappa shape index (κ3) is 12.0. The van der Waals surface area contributed by atoms with Crippen molar-refractivity contribution in [3.8, 4) is 5.75 Å². The van der Waals surface area contributed by atoms with E-state index < -0.39 is 6.61 Å². The quantitative estimate of drug-likeness (QED) is 0.200. The first kappa shape index (κ1) is 25.8. The Morgan fingerprint density at radius 1 is 1.22 bits per heavy atom. The van der Waals surface area contributed by atoms with Crippen molar-refractivity contribution in [3.63, 3.8) is 0 Å². The van der Waals surface area contributed by atoms with Crippen molar-refractivity contribution in [1.82, 2.24) is 15.5 Å². The zero-order valence-electron chi connectivity index (χ0n) is 16.2. The van der Waals surface area contributed by atoms with Crippen LogP contribution in [-0.4, -0.2) is 64.4 Å². The minimum atomic E-state index is -2.85. The molecule has 0 aromatic heterocycles. The van der Waals surface area contributed by atoms with Crippen LogP contribution in [0.2, 0.25) is 0 Å². The highest BCUT2D eigenvalue weighted by Crippen LogP contribution is 2.20. The zero-order chi connectivity index (χ0) is 19.2. The summed E-state index contributed by atoms with van der Waals surface area (Å²) in [6.07, 6.45) is 0.988. The number of nitrogens with zero attached hydrogens (tertiary/aromatic N) is 2. The predicted molar refractivity (Wildman–Crippen MR) is 115 cm³/mol. The second kappa shape index (κ2) is 15.8. The van der Waals surface area contributed by atoms with Crippen molar-refractivity contribution in [1.29, 1.82) is 0 Å². The van der Waals surface area contributed by atoms with Gasteiger partial charge in [-0.05, 0) is 26.5 Å². The van der Waals surface area contributed by atoms with Crippen molar-refractivity contribution in [2.45, 2.75) is 26.5 Å². The largest absolute Gasteiger partial charge is 0.434 e. The summed E-state index contributed by atoms with van der Waals surface area (Å²) in [5.41, 5.74) is 0.613. The normalized spacial score (nSPS) is 11.4. The number of halogens is 3. The number of guanidine groups is 1. The van der Waals surface area contributed by atoms with Crippen LogP contribution in [0, 0.1) is 0 Å². The van der Waals surface area contributed by atoms with Gasteiger partial charge in [-0.3, -0.25) is 0 Å². The molecule has 0 unspecified atom stereocenters. The molecular formula is C18H31F2IN4O2. The summed E-state index contributed by atoms with van der Waals surface area (Å²) in [6, 6.07) is 6.69. The van der Waals surface area contributed by atoms with Crippen molar-refractivity contribution >= 4 is 29.9 Å². The fourth-order valence-electron chi connectivity index (χ4n) is 2.31. The average molecular weight is 500 g/mol. The highest BCUT2D eigenvalue weighted by molar-refractivity contribution is 14.0. The summed E-state index contributed by atoms with van der Waals surface area (Å²) in [4.78, 5) is 6.66. The second-order valence-electron chi connectivity index (χ2n) is 5.76. The molecule has 1 aromatic rings. The van der Waals surface area contributed by atoms with Crippen molar-refractivity contribution in [2.24, 2.45) is 4.99 Å². The molecule has 0 spiro atoms. The van der Waals surface area contributed by atoms with Crippen LogP contribution in [0.1, 0.15) is 18.9 Å². The Bertz CT molecular complexity index is 536. The van der Waals surface area contributed by atoms with Crippen LogP contribution in [0.15, 0.2) is 29.3 Å². The van der Waals surface area contributed by atoms with E-state index >= 15 is 0 Å². The topological polar surface area (TPSA) is 58.1 Å². The van der Waals surface area contributed by atoms with E-state index in [0.717, 1.165) is 32.7 Å². The number of para-hydroxylation sites is 1. The maximum atomic E-state index is 12.5. The van der Waals surface area contributed by atoms with Gasteiger partial charge < -0.3 is 25.0 Å². The summed E-state index contributed by atoms with van der Waals surface area (Å²) < 4.78 is 34.5. The molecule has 0 heterocycles. The van der Waals surface area contributed by atoms with Gasteiger partial charge in [-0.25, -0.2) is 4.99 Å². The van der Waals surface area contributed by atoms with Crippen molar-refractivity contribution in [2.75, 3.05) is 46.9 Å². The molecule has 0 fully saturated rings. The maximum Gasteiger partial charge on any atom is 0.387 e. The van der Waals surface area contributed by atoms with Gasteiger partial charge in [0.25, 0.3) is 0 Å². The number of methoxy groups -OCH3 is 1. The Labute approximate surface area is 177 Å². The van der Waals surface area contributed by atoms with Gasteiger partial charge in [0.1, 0.15) is 5.75 Å². The van der Waals surface area contributed by atoms with Crippen LogP contribution >= 0.6 is 24.0 Å². The number of nitrogens with one attached hydrogen (secondary N) is 2. The van der Waals surface area contributed by atoms with E-state index in [9.17, 15) is 8.78 Å². The van der Waals surface area contributed by atoms with E-state index in [2.05, 4.69) is 32.3 Å². The Balaban J connectivity index is 0.00000676. The van der Waals surface area contributed by atoms with E-state index in [1.165, 1.54) is 6.07 Å². The standard InChI is InChI=1S/C18H30F2N4O2.HI/c1-4-21-18(22-10-12-24(2)11-7-13-25-3)23-14-15-8-5-6-9-16(15)26-17(19)20;/h5-6,8-9,17H,4,7,10-14H2,1-3H3,(H2,21,22,23);1H. The monoisotopic (exact) mass is 500 g/mol. The Morgan fingerprint density at radius 2 is 1.96 bits per heavy atom. The smallest absolute Gasteiger partial charge is 0.387 e. The number of aliphatic imine (C=N–C) groups is 1. The van der Waals surface area contributed by atoms with Crippen LogP contribution in [-0.2, 0) is 11.3 Å². The molecule has 0 saturated carbocycles. The van der Waals surface area contributed by atoms with Gasteiger partial charge in [0.2, 0.25) is 0 Å². The van der Waals surface area contributed by atoms with Crippen LogP contribution in [0.3, 0.4) is 0 Å². The van der Waals surface area contributed by atoms with Crippen molar-refractivity contribution in [3.05, 3.63) is 29.8 Å². The summed E-state index contributed by atoms with van der Waals surface area (Å²) in [5.74, 6) is 0.796. The van der Waals surface area contributed by atoms with Gasteiger partial charge in [-0.1, -0.05) is 18.2 Å². The molecule has 2 N–H and O–H groups in total. The second-order valence-corrected chi connectivity index (χ2v) is 5.76. The number of benzene rings is 1. The lowest BCUT2D eigenvalue weighted by Crippen LogP contribution is -2.41. The molecule has 1 rings (SSSR count). The maximum absolute atomic E-state index is 12.5. The van der Waals surface area contributed by atoms with Gasteiger partial charge in [0.15, 0.2) is 5.96 Å². The SMILES string of the molecule is CCNC(=NCc1ccccc1OC(F)F)NCCN(C)CCCOC.I. The molecule has 0 atom stereocenters. The van der Waals surface area contributed by atoms with Crippen LogP contribution in [0.25, 0.3) is 0 Å². The summed E-state index contributed by atoms with van der Waals surface area (Å²) in [6.45, 7) is 3.39. The highest BCUT2D eigenvalue weighted by Gasteiger charge is 2.09. The van der Waals surface area contributed by atoms with Crippen LogP contribution < -0.4 is 15.4 Å². The minimum absolute atomic E-state index is 0. The number of hydrogen-bond donors (Lipinski definition) is 2. The Kier molecular flexibility index (Phi) is 15.1. The van der Waals surface area contributed by atoms with Gasteiger partial charge >= 0.3 is 6.61 Å². The molecule has 0 bridgehead atoms. The molecule has 0 amide bonds. The first-order valence-corrected chi connectivity index (χ1v) is 8.79. The molecule has 6 nitrogen and oxygen atoms in total. The fraction of sp³-hybridized carbons (Fsp3) is 0.611. The van der Waals surface area contributed by atoms with Gasteiger partial charge in [-0.2, -0.15) is 8.78 Å². The molecule has 27 heavy (non-hydrogen) atoms. The van der Waals surface area contributed by atoms with Crippen molar-refractivity contribution < 1.29 is 18.3 Å². The molecule has 0 radical (unpaired) electrons. The summed E-state index contributed by atoms with van der Waals surface area (Å²) >= 11 is 0. The van der Waals surface area contributed by atoms with E-state index in [-0.39, 0.29) is 36.3 Å². The predicted octanol–water partition coefficient (Wildman–Crippen LogP) is 2.93. The lowest BCUT2D eigenvalue weighted by molar-refractivity contribution is -0.0504. The molecule has 0 aliphatic rings. The average Bonchev–Trinajstić information content (AvgIpc) is 2.60. The molecular weight excluding hydrogens is 469 g/mol. The number of rotatable bonds is 12. The van der Waals surface area contributed by atoms with Gasteiger partial charge in [0, 0.05) is 45.5 Å². The molecule has 0 saturated heterocycles. The summed E-state index contributed by atoms with van der Waals surface area (Å²) in [5, 5.41) is 6.40. The minimum Gasteiger partial charge on any atom is -0.434 e. The van der Waals surface area contributed by atoms with Crippen LogP contribution in [0.4, 0.5) is 8.78 Å². The van der Waals surface area contributed by atoms with E-state index in [4.69, 9.17) is 4.74 Å². The molecule has 0 aliphatic carbocycles. The van der Waals surface area contributed by atoms with E-state index in [1.54, 1.807) is 25.3 Å². The Hall–Kier alpha value is -1.20. The Morgan fingerprint density at radius 3 is 2.63 bits per heavy atom. The first-order chi connectivity index (χ1) is 12.6. The lowest BCUT2D eigenvalue weighted by Gasteiger charge is -2.18. The first-order valence-electron chi connectivity index (χ1n) is 8.79. The number of likely N-dealkylation sites (N-methyl/N-ethyl adjacent to an activating group) is 1. The third-order valence-electron chi connectivity index (χ3n) is 3.61. The van der Waals surface area contributed by atoms with E-state index in [1.807, 2.05) is 6.92 Å². The number of ether oxygens (including phenoxy) is 2. The van der Waals surface area contributed by atoms with Gasteiger partial charge in [-0.15, -0.1) is 24.0 Å². The molecule has 0 aliphatic heterocycles. The molecule has 1 aromatic carbocycles. The fourth-order valence-corrected chi connectivity index (χ4v) is 2.31. The molecule has 9 heteroatoms. The third-order valence-corrected chi connectivity index (χ3v) is 3.61. The van der Waals surface area contributed by atoms with E-state index in [0.29, 0.717) is 18.1 Å². The molecule has 156 valence electrons. The van der Waals surface area contributed by atoms with Gasteiger partial charge in [0.05, 0.1) is 6.54 Å². The number of alkyl halides is 2. The van der Waals surface area contributed by atoms with Crippen LogP contribution in [0.5, 0.6) is 5.75 Å².